The van der Waals surface area contributed by atoms with E-state index in [4.69, 9.17) is 0 Å². The number of piperidine rings is 1. The number of halogens is 1. The van der Waals surface area contributed by atoms with Crippen molar-refractivity contribution in [2.45, 2.75) is 49.7 Å². The fourth-order valence-electron chi connectivity index (χ4n) is 3.84. The summed E-state index contributed by atoms with van der Waals surface area (Å²) in [5, 5.41) is 10.6. The predicted octanol–water partition coefficient (Wildman–Crippen LogP) is 2.22. The van der Waals surface area contributed by atoms with Crippen LogP contribution >= 0.6 is 15.9 Å². The second kappa shape index (κ2) is 8.16. The highest BCUT2D eigenvalue weighted by Gasteiger charge is 2.42. The Kier molecular flexibility index (Phi) is 6.15. The normalized spacial score (nSPS) is 29.2. The van der Waals surface area contributed by atoms with E-state index in [0.29, 0.717) is 19.0 Å². The van der Waals surface area contributed by atoms with Crippen LogP contribution in [0, 0.1) is 11.8 Å². The lowest BCUT2D eigenvalue weighted by Gasteiger charge is -2.36. The number of nitrogens with one attached hydrogen (secondary N) is 2. The summed E-state index contributed by atoms with van der Waals surface area (Å²) in [6.07, 6.45) is 1.23. The Hall–Kier alpha value is -0.950. The smallest absolute Gasteiger partial charge is 0.242 e. The molecule has 2 saturated heterocycles. The van der Waals surface area contributed by atoms with E-state index in [-0.39, 0.29) is 28.7 Å². The average Bonchev–Trinajstić information content (AvgIpc) is 3.03. The maximum absolute atomic E-state index is 12.9. The molecule has 3 N–H and O–H groups in total. The van der Waals surface area contributed by atoms with Gasteiger partial charge in [-0.1, -0.05) is 60.1 Å². The summed E-state index contributed by atoms with van der Waals surface area (Å²) < 4.78 is 0. The number of hydrogen-bond donors (Lipinski definition) is 3. The molecule has 0 aliphatic carbocycles. The number of hydrazine groups is 1. The molecule has 1 aromatic rings. The highest BCUT2D eigenvalue weighted by molar-refractivity contribution is 9.09. The summed E-state index contributed by atoms with van der Waals surface area (Å²) >= 11 is 3.69. The number of aliphatic hydroxyl groups is 1. The Balaban J connectivity index is 1.55. The van der Waals surface area contributed by atoms with E-state index in [2.05, 4.69) is 40.6 Å². The van der Waals surface area contributed by atoms with Crippen molar-refractivity contribution in [3.8, 4) is 0 Å². The van der Waals surface area contributed by atoms with Crippen molar-refractivity contribution in [3.05, 3.63) is 35.9 Å². The van der Waals surface area contributed by atoms with E-state index in [9.17, 15) is 9.90 Å². The number of nitrogens with zero attached hydrogens (tertiary/aromatic N) is 1. The molecular weight excluding hydrogens is 382 g/mol. The van der Waals surface area contributed by atoms with Crippen LogP contribution in [0.15, 0.2) is 30.3 Å². The lowest BCUT2D eigenvalue weighted by molar-refractivity contribution is -0.135. The first-order valence-corrected chi connectivity index (χ1v) is 10.1. The molecule has 0 radical (unpaired) electrons. The summed E-state index contributed by atoms with van der Waals surface area (Å²) in [6.45, 7) is 5.71. The van der Waals surface area contributed by atoms with Gasteiger partial charge in [0.05, 0.1) is 10.9 Å². The number of hydrogen-bond acceptors (Lipinski definition) is 4. The van der Waals surface area contributed by atoms with Crippen LogP contribution in [0.3, 0.4) is 0 Å². The quantitative estimate of drug-likeness (QED) is 0.667. The molecule has 0 aromatic heterocycles. The molecule has 1 aromatic carbocycles. The molecule has 138 valence electrons. The van der Waals surface area contributed by atoms with Crippen LogP contribution in [0.1, 0.15) is 38.4 Å². The molecule has 4 unspecified atom stereocenters. The first kappa shape index (κ1) is 18.8. The van der Waals surface area contributed by atoms with Gasteiger partial charge in [0.1, 0.15) is 6.04 Å². The molecule has 2 fully saturated rings. The highest BCUT2D eigenvalue weighted by Crippen LogP contribution is 2.31. The summed E-state index contributed by atoms with van der Waals surface area (Å²) in [4.78, 5) is 14.9. The summed E-state index contributed by atoms with van der Waals surface area (Å²) in [5.41, 5.74) is 7.36. The maximum Gasteiger partial charge on any atom is 0.242 e. The SMILES string of the molecule is CC(C)C1NNC(C(=O)N2CCC(C(O)c3ccccc3)CC2)C1Br. The van der Waals surface area contributed by atoms with Gasteiger partial charge in [-0.05, 0) is 30.2 Å². The van der Waals surface area contributed by atoms with E-state index in [1.165, 1.54) is 0 Å². The number of likely N-dealkylation sites (tertiary alicyclic amines) is 1. The molecule has 2 aliphatic rings. The number of aliphatic hydroxyl groups excluding tert-OH is 1. The van der Waals surface area contributed by atoms with Gasteiger partial charge >= 0.3 is 0 Å². The van der Waals surface area contributed by atoms with Crippen molar-refractivity contribution in [2.24, 2.45) is 11.8 Å². The zero-order valence-corrected chi connectivity index (χ0v) is 16.4. The predicted molar refractivity (Wildman–Crippen MR) is 102 cm³/mol. The van der Waals surface area contributed by atoms with Crippen molar-refractivity contribution >= 4 is 21.8 Å². The van der Waals surface area contributed by atoms with E-state index in [0.717, 1.165) is 18.4 Å². The van der Waals surface area contributed by atoms with Crippen LogP contribution in [0.4, 0.5) is 0 Å². The molecule has 1 amide bonds. The van der Waals surface area contributed by atoms with Crippen LogP contribution in [0.2, 0.25) is 0 Å². The number of alkyl halides is 1. The topological polar surface area (TPSA) is 64.6 Å². The van der Waals surface area contributed by atoms with Gasteiger partial charge in [-0.3, -0.25) is 10.2 Å². The van der Waals surface area contributed by atoms with E-state index < -0.39 is 6.10 Å². The van der Waals surface area contributed by atoms with Gasteiger partial charge < -0.3 is 10.0 Å². The zero-order valence-electron chi connectivity index (χ0n) is 14.9. The first-order valence-electron chi connectivity index (χ1n) is 9.16. The van der Waals surface area contributed by atoms with Gasteiger partial charge in [-0.15, -0.1) is 0 Å². The third-order valence-corrected chi connectivity index (χ3v) is 6.59. The highest BCUT2D eigenvalue weighted by atomic mass is 79.9. The molecule has 0 spiro atoms. The van der Waals surface area contributed by atoms with Gasteiger partial charge in [0.15, 0.2) is 0 Å². The number of amides is 1. The minimum atomic E-state index is -0.445. The molecule has 5 nitrogen and oxygen atoms in total. The first-order chi connectivity index (χ1) is 12.0. The van der Waals surface area contributed by atoms with Gasteiger partial charge in [0, 0.05) is 19.1 Å². The minimum absolute atomic E-state index is 0.0904. The lowest BCUT2D eigenvalue weighted by Crippen LogP contribution is -2.50. The Morgan fingerprint density at radius 1 is 1.20 bits per heavy atom. The third kappa shape index (κ3) is 4.08. The summed E-state index contributed by atoms with van der Waals surface area (Å²) in [7, 11) is 0. The number of carbonyl (C=O) groups excluding carboxylic acids is 1. The summed E-state index contributed by atoms with van der Waals surface area (Å²) in [5.74, 6) is 0.802. The summed E-state index contributed by atoms with van der Waals surface area (Å²) in [6, 6.07) is 9.82. The van der Waals surface area contributed by atoms with Crippen LogP contribution in [-0.4, -0.2) is 45.9 Å². The molecular formula is C19H28BrN3O2. The molecule has 2 heterocycles. The maximum atomic E-state index is 12.9. The largest absolute Gasteiger partial charge is 0.388 e. The van der Waals surface area contributed by atoms with Crippen molar-refractivity contribution < 1.29 is 9.90 Å². The molecule has 0 bridgehead atoms. The van der Waals surface area contributed by atoms with Gasteiger partial charge in [-0.2, -0.15) is 0 Å². The minimum Gasteiger partial charge on any atom is -0.388 e. The second-order valence-corrected chi connectivity index (χ2v) is 8.56. The third-order valence-electron chi connectivity index (χ3n) is 5.49. The van der Waals surface area contributed by atoms with Gasteiger partial charge in [0.25, 0.3) is 0 Å². The Bertz CT molecular complexity index is 575. The fraction of sp³-hybridized carbons (Fsp3) is 0.632. The molecule has 6 heteroatoms. The zero-order chi connectivity index (χ0) is 18.0. The number of carbonyl (C=O) groups is 1. The van der Waals surface area contributed by atoms with E-state index in [1.54, 1.807) is 0 Å². The van der Waals surface area contributed by atoms with Crippen molar-refractivity contribution in [1.29, 1.82) is 0 Å². The Labute approximate surface area is 158 Å². The lowest BCUT2D eigenvalue weighted by atomic mass is 9.87. The average molecular weight is 410 g/mol. The molecule has 25 heavy (non-hydrogen) atoms. The Morgan fingerprint density at radius 3 is 2.40 bits per heavy atom. The van der Waals surface area contributed by atoms with Crippen molar-refractivity contribution in [2.75, 3.05) is 13.1 Å². The van der Waals surface area contributed by atoms with Gasteiger partial charge in [0.2, 0.25) is 5.91 Å². The number of rotatable bonds is 4. The van der Waals surface area contributed by atoms with Crippen LogP contribution in [0.25, 0.3) is 0 Å². The molecule has 4 atom stereocenters. The van der Waals surface area contributed by atoms with E-state index in [1.807, 2.05) is 35.2 Å². The Morgan fingerprint density at radius 2 is 1.84 bits per heavy atom. The molecule has 2 aliphatic heterocycles. The van der Waals surface area contributed by atoms with Crippen LogP contribution < -0.4 is 10.9 Å². The standard InChI is InChI=1S/C19H28BrN3O2/c1-12(2)16-15(20)17(22-21-16)19(25)23-10-8-14(9-11-23)18(24)13-6-4-3-5-7-13/h3-7,12,14-18,21-22,24H,8-11H2,1-2H3. The fourth-order valence-corrected chi connectivity index (χ4v) is 4.94. The van der Waals surface area contributed by atoms with Crippen molar-refractivity contribution in [1.82, 2.24) is 15.8 Å². The van der Waals surface area contributed by atoms with Crippen LogP contribution in [-0.2, 0) is 4.79 Å². The molecule has 3 rings (SSSR count). The number of benzene rings is 1. The van der Waals surface area contributed by atoms with E-state index >= 15 is 0 Å². The van der Waals surface area contributed by atoms with Gasteiger partial charge in [-0.25, -0.2) is 5.43 Å². The monoisotopic (exact) mass is 409 g/mol. The second-order valence-electron chi connectivity index (χ2n) is 7.50. The van der Waals surface area contributed by atoms with Crippen molar-refractivity contribution in [3.63, 3.8) is 0 Å². The van der Waals surface area contributed by atoms with Crippen LogP contribution in [0.5, 0.6) is 0 Å². The molecule has 0 saturated carbocycles.